The summed E-state index contributed by atoms with van der Waals surface area (Å²) in [6.07, 6.45) is 6.76. The topological polar surface area (TPSA) is 172 Å². The van der Waals surface area contributed by atoms with E-state index in [1.807, 2.05) is 29.2 Å². The molecule has 2 N–H and O–H groups in total. The summed E-state index contributed by atoms with van der Waals surface area (Å²) in [5.74, 6) is -0.999. The van der Waals surface area contributed by atoms with Gasteiger partial charge in [0.2, 0.25) is 17.8 Å². The van der Waals surface area contributed by atoms with Gasteiger partial charge in [0, 0.05) is 48.6 Å². The van der Waals surface area contributed by atoms with Crippen molar-refractivity contribution in [3.8, 4) is 11.3 Å². The zero-order chi connectivity index (χ0) is 42.0. The number of nitrogens with one attached hydrogen (secondary N) is 2. The normalized spacial score (nSPS) is 19.6. The van der Waals surface area contributed by atoms with E-state index < -0.39 is 29.6 Å². The van der Waals surface area contributed by atoms with E-state index in [1.165, 1.54) is 9.47 Å². The molecule has 5 aromatic rings. The molecular formula is C45H47FN8O7. The van der Waals surface area contributed by atoms with Gasteiger partial charge in [0.15, 0.2) is 11.4 Å². The van der Waals surface area contributed by atoms with Crippen LogP contribution in [-0.4, -0.2) is 94.0 Å². The van der Waals surface area contributed by atoms with E-state index in [2.05, 4.69) is 25.5 Å². The van der Waals surface area contributed by atoms with Crippen molar-refractivity contribution in [2.24, 2.45) is 5.92 Å². The van der Waals surface area contributed by atoms with Crippen LogP contribution in [0, 0.1) is 11.7 Å². The van der Waals surface area contributed by atoms with Crippen molar-refractivity contribution in [1.29, 1.82) is 0 Å². The van der Waals surface area contributed by atoms with Crippen molar-refractivity contribution >= 4 is 52.2 Å². The highest BCUT2D eigenvalue weighted by Crippen LogP contribution is 2.33. The molecule has 1 unspecified atom stereocenters. The fourth-order valence-corrected chi connectivity index (χ4v) is 9.09. The van der Waals surface area contributed by atoms with E-state index in [9.17, 15) is 24.0 Å². The highest BCUT2D eigenvalue weighted by Gasteiger charge is 2.32. The van der Waals surface area contributed by atoms with E-state index >= 15 is 4.39 Å². The number of carbonyl (C=O) groups is 4. The molecule has 316 valence electrons. The van der Waals surface area contributed by atoms with Crippen LogP contribution in [-0.2, 0) is 14.3 Å². The Morgan fingerprint density at radius 1 is 0.902 bits per heavy atom. The number of fused-ring (bicyclic) bond motifs is 1. The minimum atomic E-state index is -0.761. The average molecular weight is 831 g/mol. The first-order valence-electron chi connectivity index (χ1n) is 21.1. The molecule has 4 aliphatic rings. The molecule has 0 spiro atoms. The number of aromatic nitrogens is 3. The molecule has 16 heteroatoms. The molecule has 4 aliphatic heterocycles. The van der Waals surface area contributed by atoms with Crippen LogP contribution in [0.5, 0.6) is 0 Å². The molecule has 61 heavy (non-hydrogen) atoms. The highest BCUT2D eigenvalue weighted by molar-refractivity contribution is 6.00. The summed E-state index contributed by atoms with van der Waals surface area (Å²) in [6, 6.07) is 19.2. The number of hydrogen-bond donors (Lipinski definition) is 2. The molecule has 4 fully saturated rings. The Hall–Kier alpha value is -6.42. The molecular weight excluding hydrogens is 784 g/mol. The number of nitrogens with zero attached hydrogens (tertiary/aromatic N) is 6. The monoisotopic (exact) mass is 830 g/mol. The predicted octanol–water partition coefficient (Wildman–Crippen LogP) is 6.38. The molecule has 4 amide bonds. The second kappa shape index (κ2) is 17.3. The molecule has 9 rings (SSSR count). The van der Waals surface area contributed by atoms with E-state index in [0.29, 0.717) is 78.1 Å². The number of amides is 4. The second-order valence-corrected chi connectivity index (χ2v) is 16.3. The maximum Gasteiger partial charge on any atom is 0.420 e. The first kappa shape index (κ1) is 40.0. The lowest BCUT2D eigenvalue weighted by Crippen LogP contribution is -2.43. The van der Waals surface area contributed by atoms with Gasteiger partial charge in [0.25, 0.3) is 5.91 Å². The van der Waals surface area contributed by atoms with Gasteiger partial charge in [-0.05, 0) is 124 Å². The summed E-state index contributed by atoms with van der Waals surface area (Å²) < 4.78 is 27.1. The fraction of sp³-hybridized carbons (Fsp3) is 0.400. The van der Waals surface area contributed by atoms with Crippen LogP contribution in [0.1, 0.15) is 79.2 Å². The molecule has 0 bridgehead atoms. The number of oxazole rings is 1. The Kier molecular flexibility index (Phi) is 11.3. The summed E-state index contributed by atoms with van der Waals surface area (Å²) in [4.78, 5) is 77.3. The number of ether oxygens (including phenoxy) is 1. The van der Waals surface area contributed by atoms with E-state index in [4.69, 9.17) is 9.15 Å². The molecule has 3 aromatic carbocycles. The summed E-state index contributed by atoms with van der Waals surface area (Å²) >= 11 is 0. The van der Waals surface area contributed by atoms with Crippen molar-refractivity contribution in [2.45, 2.75) is 63.3 Å². The number of rotatable bonds is 10. The summed E-state index contributed by atoms with van der Waals surface area (Å²) in [5, 5.41) is 5.45. The number of halogens is 1. The maximum absolute atomic E-state index is 15.0. The van der Waals surface area contributed by atoms with E-state index in [-0.39, 0.29) is 36.3 Å². The van der Waals surface area contributed by atoms with Crippen LogP contribution in [0.25, 0.3) is 22.4 Å². The maximum atomic E-state index is 15.0. The number of piperidine rings is 3. The Bertz CT molecular complexity index is 2540. The summed E-state index contributed by atoms with van der Waals surface area (Å²) in [5.41, 5.74) is 4.45. The highest BCUT2D eigenvalue weighted by atomic mass is 19.1. The van der Waals surface area contributed by atoms with E-state index in [0.717, 1.165) is 63.5 Å². The second-order valence-electron chi connectivity index (χ2n) is 16.3. The zero-order valence-corrected chi connectivity index (χ0v) is 33.7. The molecule has 4 saturated heterocycles. The molecule has 0 aliphatic carbocycles. The first-order valence-corrected chi connectivity index (χ1v) is 21.1. The molecule has 15 nitrogen and oxygen atoms in total. The lowest BCUT2D eigenvalue weighted by molar-refractivity contribution is -0.135. The molecule has 0 radical (unpaired) electrons. The van der Waals surface area contributed by atoms with Gasteiger partial charge in [0.1, 0.15) is 11.7 Å². The average Bonchev–Trinajstić information content (AvgIpc) is 3.61. The minimum absolute atomic E-state index is 0.0389. The quantitative estimate of drug-likeness (QED) is 0.150. The van der Waals surface area contributed by atoms with Gasteiger partial charge in [0.05, 0.1) is 18.3 Å². The van der Waals surface area contributed by atoms with Crippen LogP contribution in [0.3, 0.4) is 0 Å². The van der Waals surface area contributed by atoms with Gasteiger partial charge in [-0.3, -0.25) is 29.2 Å². The number of benzene rings is 3. The van der Waals surface area contributed by atoms with E-state index in [1.54, 1.807) is 42.5 Å². The predicted molar refractivity (Wildman–Crippen MR) is 224 cm³/mol. The number of hydrogen-bond acceptors (Lipinski definition) is 11. The lowest BCUT2D eigenvalue weighted by atomic mass is 9.88. The number of cyclic esters (lactones) is 1. The fourth-order valence-electron chi connectivity index (χ4n) is 9.09. The SMILES string of the molecule is O=C1CCC(n2c(=O)oc3cc(C4CCN(CCC5CCN(C(=O)c6cccc(Nc7ncc(F)c(-c8cccc(N9CCCOC9=O)c8)n7)c6)CC5)CC4)ccc32)C(=O)N1. The number of imide groups is 1. The van der Waals surface area contributed by atoms with Gasteiger partial charge in [-0.25, -0.2) is 23.9 Å². The van der Waals surface area contributed by atoms with Gasteiger partial charge in [-0.1, -0.05) is 24.3 Å². The molecule has 6 heterocycles. The number of likely N-dealkylation sites (tertiary alicyclic amines) is 2. The van der Waals surface area contributed by atoms with Crippen molar-refractivity contribution in [1.82, 2.24) is 29.7 Å². The van der Waals surface area contributed by atoms with Crippen LogP contribution in [0.2, 0.25) is 0 Å². The zero-order valence-electron chi connectivity index (χ0n) is 33.7. The Morgan fingerprint density at radius 3 is 2.52 bits per heavy atom. The first-order chi connectivity index (χ1) is 29.7. The van der Waals surface area contributed by atoms with Crippen LogP contribution < -0.4 is 21.3 Å². The summed E-state index contributed by atoms with van der Waals surface area (Å²) in [7, 11) is 0. The molecule has 2 aromatic heterocycles. The Labute approximate surface area is 350 Å². The van der Waals surface area contributed by atoms with Gasteiger partial charge >= 0.3 is 11.8 Å². The standard InChI is InChI=1S/C45H47FN8O7/c46-35-27-47-43(50-40(35)31-4-2-7-34(25-31)53-17-3-23-60-44(53)58)48-33-6-1-5-32(24-33)42(57)52-21-13-28(14-22-52)12-18-51-19-15-29(16-20-51)30-8-9-36-38(26-30)61-45(59)54(36)37-10-11-39(55)49-41(37)56/h1-2,4-9,24-29,37H,3,10-23H2,(H,47,48,50)(H,49,55,56). The van der Waals surface area contributed by atoms with Crippen LogP contribution in [0.4, 0.5) is 26.5 Å². The van der Waals surface area contributed by atoms with Crippen LogP contribution >= 0.6 is 0 Å². The lowest BCUT2D eigenvalue weighted by Gasteiger charge is -2.35. The third kappa shape index (κ3) is 8.62. The van der Waals surface area contributed by atoms with Crippen LogP contribution in [0.15, 0.2) is 82.1 Å². The van der Waals surface area contributed by atoms with Crippen molar-refractivity contribution in [3.63, 3.8) is 0 Å². The summed E-state index contributed by atoms with van der Waals surface area (Å²) in [6.45, 7) is 5.21. The molecule has 0 saturated carbocycles. The molecule has 1 atom stereocenters. The number of carbonyl (C=O) groups excluding carboxylic acids is 4. The minimum Gasteiger partial charge on any atom is -0.449 e. The van der Waals surface area contributed by atoms with Gasteiger partial charge in [-0.15, -0.1) is 0 Å². The van der Waals surface area contributed by atoms with Gasteiger partial charge < -0.3 is 24.3 Å². The third-order valence-electron chi connectivity index (χ3n) is 12.5. The smallest absolute Gasteiger partial charge is 0.420 e. The van der Waals surface area contributed by atoms with Gasteiger partial charge in [-0.2, -0.15) is 0 Å². The largest absolute Gasteiger partial charge is 0.449 e. The van der Waals surface area contributed by atoms with Crippen molar-refractivity contribution in [3.05, 3.63) is 100 Å². The van der Waals surface area contributed by atoms with Crippen molar-refractivity contribution < 1.29 is 32.7 Å². The Morgan fingerprint density at radius 2 is 1.72 bits per heavy atom. The number of anilines is 3. The van der Waals surface area contributed by atoms with Crippen molar-refractivity contribution in [2.75, 3.05) is 56.1 Å². The Balaban J connectivity index is 0.747. The third-order valence-corrected chi connectivity index (χ3v) is 12.5.